The molecule has 0 fully saturated rings. The molecule has 0 aliphatic heterocycles. The third kappa shape index (κ3) is 1.63. The van der Waals surface area contributed by atoms with E-state index in [4.69, 9.17) is 14.6 Å². The smallest absolute Gasteiger partial charge is 0.336 e. The molecule has 3 rings (SSSR count). The third-order valence-electron chi connectivity index (χ3n) is 2.98. The summed E-state index contributed by atoms with van der Waals surface area (Å²) in [7, 11) is 0. The first kappa shape index (κ1) is 11.3. The quantitative estimate of drug-likeness (QED) is 0.735. The molecule has 5 heteroatoms. The van der Waals surface area contributed by atoms with Gasteiger partial charge in [0.05, 0.1) is 11.1 Å². The Bertz CT molecular complexity index is 828. The van der Waals surface area contributed by atoms with Gasteiger partial charge in [-0.1, -0.05) is 18.2 Å². The van der Waals surface area contributed by atoms with Crippen LogP contribution in [0.15, 0.2) is 40.8 Å². The van der Waals surface area contributed by atoms with Crippen molar-refractivity contribution in [3.8, 4) is 0 Å². The molecule has 3 aromatic rings. The highest BCUT2D eigenvalue weighted by molar-refractivity contribution is 6.11. The summed E-state index contributed by atoms with van der Waals surface area (Å²) in [5, 5.41) is 19.5. The Morgan fingerprint density at radius 3 is 2.16 bits per heavy atom. The molecule has 19 heavy (non-hydrogen) atoms. The molecule has 94 valence electrons. The van der Waals surface area contributed by atoms with Crippen LogP contribution < -0.4 is 0 Å². The number of carboxylic acids is 2. The molecule has 2 aromatic carbocycles. The average Bonchev–Trinajstić information content (AvgIpc) is 2.74. The van der Waals surface area contributed by atoms with E-state index in [-0.39, 0.29) is 11.1 Å². The highest BCUT2D eigenvalue weighted by Gasteiger charge is 2.19. The Labute approximate surface area is 106 Å². The topological polar surface area (TPSA) is 87.7 Å². The van der Waals surface area contributed by atoms with Gasteiger partial charge < -0.3 is 14.6 Å². The standard InChI is InChI=1S/C14H8O5/c15-13(16)9-5-8-7-3-1-2-4-11(7)19-12(8)6-10(9)14(17)18/h1-6H,(H,15,16)(H,17,18). The van der Waals surface area contributed by atoms with Crippen molar-refractivity contribution in [1.82, 2.24) is 0 Å². The number of benzene rings is 2. The summed E-state index contributed by atoms with van der Waals surface area (Å²) in [6.45, 7) is 0. The lowest BCUT2D eigenvalue weighted by atomic mass is 10.0. The summed E-state index contributed by atoms with van der Waals surface area (Å²) < 4.78 is 5.52. The second kappa shape index (κ2) is 3.84. The van der Waals surface area contributed by atoms with Gasteiger partial charge in [-0.15, -0.1) is 0 Å². The van der Waals surface area contributed by atoms with Gasteiger partial charge in [0.1, 0.15) is 11.2 Å². The van der Waals surface area contributed by atoms with E-state index in [9.17, 15) is 9.59 Å². The Morgan fingerprint density at radius 2 is 1.47 bits per heavy atom. The molecule has 0 unspecified atom stereocenters. The van der Waals surface area contributed by atoms with Crippen molar-refractivity contribution in [1.29, 1.82) is 0 Å². The summed E-state index contributed by atoms with van der Waals surface area (Å²) in [6, 6.07) is 9.74. The fraction of sp³-hybridized carbons (Fsp3) is 0. The highest BCUT2D eigenvalue weighted by atomic mass is 16.4. The minimum Gasteiger partial charge on any atom is -0.478 e. The molecular weight excluding hydrogens is 248 g/mol. The molecule has 1 aromatic heterocycles. The van der Waals surface area contributed by atoms with Crippen molar-refractivity contribution >= 4 is 33.9 Å². The summed E-state index contributed by atoms with van der Waals surface area (Å²) in [6.07, 6.45) is 0. The molecule has 0 bridgehead atoms. The number of carboxylic acid groups (broad SMARTS) is 2. The molecule has 0 spiro atoms. The van der Waals surface area contributed by atoms with Crippen LogP contribution in [0.5, 0.6) is 0 Å². The van der Waals surface area contributed by atoms with Crippen LogP contribution in [0.1, 0.15) is 20.7 Å². The van der Waals surface area contributed by atoms with Crippen LogP contribution in [0.3, 0.4) is 0 Å². The summed E-state index contributed by atoms with van der Waals surface area (Å²) in [5.74, 6) is -2.57. The number of para-hydroxylation sites is 1. The molecule has 0 amide bonds. The molecule has 0 saturated heterocycles. The van der Waals surface area contributed by atoms with E-state index in [1.54, 1.807) is 18.2 Å². The second-order valence-corrected chi connectivity index (χ2v) is 4.10. The van der Waals surface area contributed by atoms with E-state index in [1.807, 2.05) is 6.07 Å². The van der Waals surface area contributed by atoms with Gasteiger partial charge >= 0.3 is 11.9 Å². The molecule has 0 aliphatic rings. The van der Waals surface area contributed by atoms with E-state index in [0.29, 0.717) is 16.6 Å². The van der Waals surface area contributed by atoms with E-state index >= 15 is 0 Å². The van der Waals surface area contributed by atoms with Gasteiger partial charge in [-0.25, -0.2) is 9.59 Å². The minimum absolute atomic E-state index is 0.244. The van der Waals surface area contributed by atoms with Gasteiger partial charge in [-0.2, -0.15) is 0 Å². The molecule has 0 radical (unpaired) electrons. The van der Waals surface area contributed by atoms with Crippen molar-refractivity contribution in [2.75, 3.05) is 0 Å². The number of rotatable bonds is 2. The molecule has 2 N–H and O–H groups in total. The molecular formula is C14H8O5. The number of fused-ring (bicyclic) bond motifs is 3. The van der Waals surface area contributed by atoms with Crippen molar-refractivity contribution in [2.45, 2.75) is 0 Å². The number of aromatic carboxylic acids is 2. The van der Waals surface area contributed by atoms with Crippen molar-refractivity contribution in [3.05, 3.63) is 47.5 Å². The number of furan rings is 1. The maximum absolute atomic E-state index is 11.1. The van der Waals surface area contributed by atoms with Crippen LogP contribution >= 0.6 is 0 Å². The summed E-state index contributed by atoms with van der Waals surface area (Å²) >= 11 is 0. The average molecular weight is 256 g/mol. The van der Waals surface area contributed by atoms with E-state index < -0.39 is 11.9 Å². The Kier molecular flexibility index (Phi) is 2.28. The van der Waals surface area contributed by atoms with E-state index in [0.717, 1.165) is 5.39 Å². The zero-order chi connectivity index (χ0) is 13.6. The highest BCUT2D eigenvalue weighted by Crippen LogP contribution is 2.30. The monoisotopic (exact) mass is 256 g/mol. The minimum atomic E-state index is -1.29. The van der Waals surface area contributed by atoms with Gasteiger partial charge in [0, 0.05) is 10.8 Å². The van der Waals surface area contributed by atoms with E-state index in [1.165, 1.54) is 12.1 Å². The van der Waals surface area contributed by atoms with E-state index in [2.05, 4.69) is 0 Å². The zero-order valence-corrected chi connectivity index (χ0v) is 9.58. The molecule has 1 heterocycles. The summed E-state index contributed by atoms with van der Waals surface area (Å²) in [5.41, 5.74) is 0.436. The van der Waals surface area contributed by atoms with Crippen molar-refractivity contribution in [2.24, 2.45) is 0 Å². The Balaban J connectivity index is 2.46. The summed E-state index contributed by atoms with van der Waals surface area (Å²) in [4.78, 5) is 22.2. The van der Waals surface area contributed by atoms with Gasteiger partial charge in [0.25, 0.3) is 0 Å². The van der Waals surface area contributed by atoms with Crippen molar-refractivity contribution in [3.63, 3.8) is 0 Å². The third-order valence-corrected chi connectivity index (χ3v) is 2.98. The number of hydrogen-bond donors (Lipinski definition) is 2. The zero-order valence-electron chi connectivity index (χ0n) is 9.58. The lowest BCUT2D eigenvalue weighted by Crippen LogP contribution is -2.07. The van der Waals surface area contributed by atoms with Crippen LogP contribution in [0.2, 0.25) is 0 Å². The molecule has 0 saturated carbocycles. The van der Waals surface area contributed by atoms with Crippen LogP contribution in [0.25, 0.3) is 21.9 Å². The molecule has 0 atom stereocenters. The maximum atomic E-state index is 11.1. The molecule has 5 nitrogen and oxygen atoms in total. The maximum Gasteiger partial charge on any atom is 0.336 e. The predicted octanol–water partition coefficient (Wildman–Crippen LogP) is 2.98. The number of hydrogen-bond acceptors (Lipinski definition) is 3. The fourth-order valence-electron chi connectivity index (χ4n) is 2.13. The fourth-order valence-corrected chi connectivity index (χ4v) is 2.13. The Hall–Kier alpha value is -2.82. The first-order chi connectivity index (χ1) is 9.08. The van der Waals surface area contributed by atoms with Crippen LogP contribution in [-0.2, 0) is 0 Å². The lowest BCUT2D eigenvalue weighted by molar-refractivity contribution is 0.0652. The lowest BCUT2D eigenvalue weighted by Gasteiger charge is -2.01. The van der Waals surface area contributed by atoms with Crippen LogP contribution in [-0.4, -0.2) is 22.2 Å². The van der Waals surface area contributed by atoms with Crippen LogP contribution in [0.4, 0.5) is 0 Å². The van der Waals surface area contributed by atoms with Crippen molar-refractivity contribution < 1.29 is 24.2 Å². The normalized spacial score (nSPS) is 10.9. The number of carbonyl (C=O) groups is 2. The van der Waals surface area contributed by atoms with Gasteiger partial charge in [-0.05, 0) is 18.2 Å². The predicted molar refractivity (Wildman–Crippen MR) is 67.6 cm³/mol. The SMILES string of the molecule is O=C(O)c1cc2oc3ccccc3c2cc1C(=O)O. The largest absolute Gasteiger partial charge is 0.478 e. The van der Waals surface area contributed by atoms with Gasteiger partial charge in [-0.3, -0.25) is 0 Å². The Morgan fingerprint density at radius 1 is 0.842 bits per heavy atom. The second-order valence-electron chi connectivity index (χ2n) is 4.10. The van der Waals surface area contributed by atoms with Gasteiger partial charge in [0.15, 0.2) is 0 Å². The first-order valence-corrected chi connectivity index (χ1v) is 5.50. The van der Waals surface area contributed by atoms with Crippen LogP contribution in [0, 0.1) is 0 Å². The molecule has 0 aliphatic carbocycles. The van der Waals surface area contributed by atoms with Gasteiger partial charge in [0.2, 0.25) is 0 Å². The first-order valence-electron chi connectivity index (χ1n) is 5.50.